The standard InChI is InChI=1S/C11H19N5/c1-7(2)10-14-16-9(5-6-12)8(3)13-11(16)15(10)4/h7H,5-6,12H2,1-4H3. The molecule has 0 spiro atoms. The van der Waals surface area contributed by atoms with E-state index in [1.165, 1.54) is 0 Å². The molecule has 2 aromatic rings. The van der Waals surface area contributed by atoms with Crippen LogP contribution in [0.1, 0.15) is 37.0 Å². The maximum atomic E-state index is 5.61. The first-order valence-electron chi connectivity index (χ1n) is 5.67. The van der Waals surface area contributed by atoms with Crippen LogP contribution in [-0.2, 0) is 13.5 Å². The van der Waals surface area contributed by atoms with Gasteiger partial charge in [0.25, 0.3) is 0 Å². The van der Waals surface area contributed by atoms with Gasteiger partial charge >= 0.3 is 0 Å². The Balaban J connectivity index is 2.64. The molecule has 0 bridgehead atoms. The highest BCUT2D eigenvalue weighted by atomic mass is 15.4. The quantitative estimate of drug-likeness (QED) is 0.841. The van der Waals surface area contributed by atoms with Crippen LogP contribution in [0.15, 0.2) is 0 Å². The van der Waals surface area contributed by atoms with Gasteiger partial charge in [0, 0.05) is 19.4 Å². The Hall–Kier alpha value is -1.36. The van der Waals surface area contributed by atoms with Crippen molar-refractivity contribution in [1.29, 1.82) is 0 Å². The van der Waals surface area contributed by atoms with Gasteiger partial charge in [-0.15, -0.1) is 0 Å². The fourth-order valence-electron chi connectivity index (χ4n) is 2.06. The number of aryl methyl sites for hydroxylation is 2. The molecule has 0 amide bonds. The van der Waals surface area contributed by atoms with E-state index in [9.17, 15) is 0 Å². The maximum Gasteiger partial charge on any atom is 0.232 e. The van der Waals surface area contributed by atoms with Gasteiger partial charge in [-0.25, -0.2) is 9.50 Å². The maximum absolute atomic E-state index is 5.61. The van der Waals surface area contributed by atoms with E-state index in [-0.39, 0.29) is 0 Å². The molecule has 16 heavy (non-hydrogen) atoms. The highest BCUT2D eigenvalue weighted by Gasteiger charge is 2.17. The summed E-state index contributed by atoms with van der Waals surface area (Å²) in [7, 11) is 2.01. The first kappa shape index (κ1) is 11.1. The summed E-state index contributed by atoms with van der Waals surface area (Å²) in [4.78, 5) is 4.54. The van der Waals surface area contributed by atoms with Crippen LogP contribution >= 0.6 is 0 Å². The predicted octanol–water partition coefficient (Wildman–Crippen LogP) is 1.00. The lowest BCUT2D eigenvalue weighted by molar-refractivity contribution is 0.700. The van der Waals surface area contributed by atoms with E-state index in [4.69, 9.17) is 5.73 Å². The number of fused-ring (bicyclic) bond motifs is 1. The van der Waals surface area contributed by atoms with Gasteiger partial charge in [-0.1, -0.05) is 13.8 Å². The van der Waals surface area contributed by atoms with Crippen LogP contribution in [0, 0.1) is 6.92 Å². The molecule has 5 nitrogen and oxygen atoms in total. The highest BCUT2D eigenvalue weighted by molar-refractivity contribution is 5.36. The van der Waals surface area contributed by atoms with Crippen LogP contribution in [0.25, 0.3) is 5.78 Å². The van der Waals surface area contributed by atoms with Crippen LogP contribution in [0.5, 0.6) is 0 Å². The first-order chi connectivity index (χ1) is 7.56. The third kappa shape index (κ3) is 1.51. The van der Waals surface area contributed by atoms with Crippen molar-refractivity contribution in [2.45, 2.75) is 33.1 Å². The second kappa shape index (κ2) is 3.90. The molecule has 2 N–H and O–H groups in total. The summed E-state index contributed by atoms with van der Waals surface area (Å²) in [6.45, 7) is 6.91. The molecule has 2 rings (SSSR count). The number of imidazole rings is 1. The van der Waals surface area contributed by atoms with E-state index in [2.05, 4.69) is 28.5 Å². The van der Waals surface area contributed by atoms with E-state index in [1.54, 1.807) is 0 Å². The molecule has 2 heterocycles. The molecule has 2 aromatic heterocycles. The smallest absolute Gasteiger partial charge is 0.232 e. The zero-order valence-corrected chi connectivity index (χ0v) is 10.4. The first-order valence-corrected chi connectivity index (χ1v) is 5.67. The van der Waals surface area contributed by atoms with E-state index in [1.807, 2.05) is 18.5 Å². The van der Waals surface area contributed by atoms with Gasteiger partial charge in [-0.3, -0.25) is 4.57 Å². The number of nitrogens with zero attached hydrogens (tertiary/aromatic N) is 4. The molecule has 5 heteroatoms. The van der Waals surface area contributed by atoms with Gasteiger partial charge in [0.15, 0.2) is 0 Å². The summed E-state index contributed by atoms with van der Waals surface area (Å²) in [6.07, 6.45) is 0.821. The Morgan fingerprint density at radius 1 is 1.38 bits per heavy atom. The van der Waals surface area contributed by atoms with Crippen molar-refractivity contribution in [2.24, 2.45) is 12.8 Å². The Morgan fingerprint density at radius 3 is 2.62 bits per heavy atom. The minimum absolute atomic E-state index is 0.401. The van der Waals surface area contributed by atoms with Crippen molar-refractivity contribution in [2.75, 3.05) is 6.54 Å². The molecule has 88 valence electrons. The van der Waals surface area contributed by atoms with Crippen molar-refractivity contribution >= 4 is 5.78 Å². The number of rotatable bonds is 3. The summed E-state index contributed by atoms with van der Waals surface area (Å²) in [5.74, 6) is 2.36. The number of aromatic nitrogens is 4. The minimum atomic E-state index is 0.401. The minimum Gasteiger partial charge on any atom is -0.330 e. The zero-order chi connectivity index (χ0) is 11.9. The number of hydrogen-bond donors (Lipinski definition) is 1. The third-order valence-electron chi connectivity index (χ3n) is 2.87. The van der Waals surface area contributed by atoms with Gasteiger partial charge in [0.2, 0.25) is 5.78 Å². The third-order valence-corrected chi connectivity index (χ3v) is 2.87. The second-order valence-electron chi connectivity index (χ2n) is 4.47. The van der Waals surface area contributed by atoms with Crippen LogP contribution in [-0.4, -0.2) is 25.7 Å². The lowest BCUT2D eigenvalue weighted by Crippen LogP contribution is -2.07. The summed E-state index contributed by atoms with van der Waals surface area (Å²) >= 11 is 0. The van der Waals surface area contributed by atoms with E-state index < -0.39 is 0 Å². The van der Waals surface area contributed by atoms with E-state index in [0.29, 0.717) is 12.5 Å². The van der Waals surface area contributed by atoms with Gasteiger partial charge < -0.3 is 5.73 Å². The van der Waals surface area contributed by atoms with Crippen LogP contribution < -0.4 is 5.73 Å². The van der Waals surface area contributed by atoms with E-state index >= 15 is 0 Å². The van der Waals surface area contributed by atoms with Crippen LogP contribution in [0.4, 0.5) is 0 Å². The highest BCUT2D eigenvalue weighted by Crippen LogP contribution is 2.17. The fraction of sp³-hybridized carbons (Fsp3) is 0.636. The molecule has 0 aliphatic rings. The molecule has 0 radical (unpaired) electrons. The van der Waals surface area contributed by atoms with Gasteiger partial charge in [-0.2, -0.15) is 5.10 Å². The van der Waals surface area contributed by atoms with Crippen molar-refractivity contribution < 1.29 is 0 Å². The summed E-state index contributed by atoms with van der Waals surface area (Å²) in [5.41, 5.74) is 7.76. The molecule has 0 atom stereocenters. The van der Waals surface area contributed by atoms with Gasteiger partial charge in [0.05, 0.1) is 11.4 Å². The molecule has 0 unspecified atom stereocenters. The zero-order valence-electron chi connectivity index (χ0n) is 10.4. The van der Waals surface area contributed by atoms with Crippen molar-refractivity contribution in [3.63, 3.8) is 0 Å². The Kier molecular flexibility index (Phi) is 2.71. The molecule has 0 aliphatic carbocycles. The van der Waals surface area contributed by atoms with Gasteiger partial charge in [-0.05, 0) is 13.5 Å². The van der Waals surface area contributed by atoms with Crippen molar-refractivity contribution in [3.05, 3.63) is 17.2 Å². The Morgan fingerprint density at radius 2 is 2.06 bits per heavy atom. The average molecular weight is 221 g/mol. The topological polar surface area (TPSA) is 61.1 Å². The number of hydrogen-bond acceptors (Lipinski definition) is 3. The average Bonchev–Trinajstić information content (AvgIpc) is 2.68. The summed E-state index contributed by atoms with van der Waals surface area (Å²) < 4.78 is 3.98. The molecule has 0 fully saturated rings. The lowest BCUT2D eigenvalue weighted by Gasteiger charge is -2.02. The molecule has 0 aromatic carbocycles. The normalized spacial score (nSPS) is 11.9. The largest absolute Gasteiger partial charge is 0.330 e. The Bertz CT molecular complexity index is 506. The fourth-order valence-corrected chi connectivity index (χ4v) is 2.06. The van der Waals surface area contributed by atoms with Crippen LogP contribution in [0.2, 0.25) is 0 Å². The molecule has 0 saturated heterocycles. The van der Waals surface area contributed by atoms with Crippen LogP contribution in [0.3, 0.4) is 0 Å². The Labute approximate surface area is 95.3 Å². The second-order valence-corrected chi connectivity index (χ2v) is 4.47. The van der Waals surface area contributed by atoms with Gasteiger partial charge in [0.1, 0.15) is 5.82 Å². The molecular weight excluding hydrogens is 202 g/mol. The van der Waals surface area contributed by atoms with Crippen molar-refractivity contribution in [1.82, 2.24) is 19.2 Å². The summed E-state index contributed by atoms with van der Waals surface area (Å²) in [6, 6.07) is 0. The molecule has 0 saturated carbocycles. The lowest BCUT2D eigenvalue weighted by atomic mass is 10.2. The monoisotopic (exact) mass is 221 g/mol. The van der Waals surface area contributed by atoms with Crippen molar-refractivity contribution in [3.8, 4) is 0 Å². The molecular formula is C11H19N5. The van der Waals surface area contributed by atoms with E-state index in [0.717, 1.165) is 29.4 Å². The molecule has 0 aliphatic heterocycles. The SMILES string of the molecule is Cc1nc2n(C)c(C(C)C)nn2c1CCN. The number of nitrogens with two attached hydrogens (primary N) is 1. The predicted molar refractivity (Wildman–Crippen MR) is 63.5 cm³/mol. The summed E-state index contributed by atoms with van der Waals surface area (Å²) in [5, 5.41) is 4.61.